The van der Waals surface area contributed by atoms with Gasteiger partial charge in [0.05, 0.1) is 5.75 Å². The van der Waals surface area contributed by atoms with Crippen LogP contribution in [0.1, 0.15) is 18.4 Å². The minimum absolute atomic E-state index is 0. The molecule has 114 valence electrons. The lowest BCUT2D eigenvalue weighted by Crippen LogP contribution is -2.44. The number of likely N-dealkylation sites (N-methyl/N-ethyl adjacent to an activating group) is 1. The second-order valence-electron chi connectivity index (χ2n) is 5.21. The monoisotopic (exact) mass is 318 g/mol. The smallest absolute Gasteiger partial charge is 0.214 e. The van der Waals surface area contributed by atoms with Crippen molar-refractivity contribution in [2.75, 3.05) is 19.3 Å². The Kier molecular flexibility index (Phi) is 6.45. The number of hydrogen-bond donors (Lipinski definition) is 1. The molecule has 1 atom stereocenters. The van der Waals surface area contributed by atoms with Crippen LogP contribution < -0.4 is 5.73 Å². The first kappa shape index (κ1) is 17.4. The fourth-order valence-corrected chi connectivity index (χ4v) is 3.81. The lowest BCUT2D eigenvalue weighted by atomic mass is 10.2. The fourth-order valence-electron chi connectivity index (χ4n) is 2.36. The summed E-state index contributed by atoms with van der Waals surface area (Å²) < 4.78 is 26.1. The van der Waals surface area contributed by atoms with E-state index in [1.165, 1.54) is 4.31 Å². The van der Waals surface area contributed by atoms with Gasteiger partial charge in [0.1, 0.15) is 0 Å². The molecule has 1 aromatic carbocycles. The molecular formula is C14H23ClN2O2S. The lowest BCUT2D eigenvalue weighted by Gasteiger charge is -2.26. The third-order valence-electron chi connectivity index (χ3n) is 3.80. The molecule has 1 aromatic rings. The molecule has 0 bridgehead atoms. The number of halogens is 1. The summed E-state index contributed by atoms with van der Waals surface area (Å²) in [6.07, 6.45) is 2.75. The highest BCUT2D eigenvalue weighted by atomic mass is 35.5. The highest BCUT2D eigenvalue weighted by Crippen LogP contribution is 2.35. The Morgan fingerprint density at radius 3 is 2.40 bits per heavy atom. The lowest BCUT2D eigenvalue weighted by molar-refractivity contribution is 0.340. The van der Waals surface area contributed by atoms with Gasteiger partial charge in [0.15, 0.2) is 0 Å². The molecule has 20 heavy (non-hydrogen) atoms. The van der Waals surface area contributed by atoms with Crippen molar-refractivity contribution in [2.45, 2.75) is 25.3 Å². The van der Waals surface area contributed by atoms with E-state index in [9.17, 15) is 8.42 Å². The zero-order valence-corrected chi connectivity index (χ0v) is 13.4. The highest BCUT2D eigenvalue weighted by molar-refractivity contribution is 7.89. The van der Waals surface area contributed by atoms with Crippen molar-refractivity contribution in [1.82, 2.24) is 4.31 Å². The number of rotatable bonds is 7. The van der Waals surface area contributed by atoms with E-state index < -0.39 is 10.0 Å². The molecule has 1 unspecified atom stereocenters. The SMILES string of the molecule is CN(C(CN)C1CC1)S(=O)(=O)CCc1ccccc1.Cl. The van der Waals surface area contributed by atoms with Crippen molar-refractivity contribution in [3.8, 4) is 0 Å². The Labute approximate surface area is 127 Å². The van der Waals surface area contributed by atoms with Crippen molar-refractivity contribution in [3.63, 3.8) is 0 Å². The topological polar surface area (TPSA) is 63.4 Å². The molecule has 0 saturated heterocycles. The predicted molar refractivity (Wildman–Crippen MR) is 84.5 cm³/mol. The van der Waals surface area contributed by atoms with E-state index in [-0.39, 0.29) is 24.2 Å². The summed E-state index contributed by atoms with van der Waals surface area (Å²) in [6.45, 7) is 0.408. The maximum atomic E-state index is 12.3. The largest absolute Gasteiger partial charge is 0.329 e. The van der Waals surface area contributed by atoms with E-state index in [2.05, 4.69) is 0 Å². The summed E-state index contributed by atoms with van der Waals surface area (Å²) in [4.78, 5) is 0. The van der Waals surface area contributed by atoms with Crippen LogP contribution in [0.15, 0.2) is 30.3 Å². The van der Waals surface area contributed by atoms with Gasteiger partial charge < -0.3 is 5.73 Å². The summed E-state index contributed by atoms with van der Waals surface area (Å²) in [7, 11) is -1.56. The molecule has 0 aromatic heterocycles. The Morgan fingerprint density at radius 2 is 1.90 bits per heavy atom. The maximum absolute atomic E-state index is 12.3. The van der Waals surface area contributed by atoms with Crippen molar-refractivity contribution in [2.24, 2.45) is 11.7 Å². The quantitative estimate of drug-likeness (QED) is 0.831. The van der Waals surface area contributed by atoms with Crippen molar-refractivity contribution in [3.05, 3.63) is 35.9 Å². The Hall–Kier alpha value is -0.620. The molecule has 6 heteroatoms. The van der Waals surface area contributed by atoms with E-state index in [1.54, 1.807) is 7.05 Å². The number of benzene rings is 1. The van der Waals surface area contributed by atoms with Crippen molar-refractivity contribution in [1.29, 1.82) is 0 Å². The summed E-state index contributed by atoms with van der Waals surface area (Å²) in [5, 5.41) is 0. The predicted octanol–water partition coefficient (Wildman–Crippen LogP) is 1.65. The van der Waals surface area contributed by atoms with Crippen LogP contribution in [0.2, 0.25) is 0 Å². The third kappa shape index (κ3) is 4.45. The van der Waals surface area contributed by atoms with Gasteiger partial charge in [-0.15, -0.1) is 12.4 Å². The summed E-state index contributed by atoms with van der Waals surface area (Å²) in [6, 6.07) is 9.67. The van der Waals surface area contributed by atoms with Gasteiger partial charge in [-0.1, -0.05) is 30.3 Å². The maximum Gasteiger partial charge on any atom is 0.214 e. The molecule has 2 rings (SSSR count). The van der Waals surface area contributed by atoms with Crippen LogP contribution in [0.5, 0.6) is 0 Å². The number of nitrogens with two attached hydrogens (primary N) is 1. The van der Waals surface area contributed by atoms with Crippen LogP contribution in [-0.2, 0) is 16.4 Å². The first-order chi connectivity index (χ1) is 9.04. The van der Waals surface area contributed by atoms with E-state index in [0.717, 1.165) is 18.4 Å². The number of aryl methyl sites for hydroxylation is 1. The minimum atomic E-state index is -3.22. The van der Waals surface area contributed by atoms with Gasteiger partial charge in [-0.2, -0.15) is 0 Å². The Balaban J connectivity index is 0.00000200. The molecule has 4 nitrogen and oxygen atoms in total. The second kappa shape index (κ2) is 7.41. The molecule has 0 spiro atoms. The van der Waals surface area contributed by atoms with Gasteiger partial charge >= 0.3 is 0 Å². The zero-order valence-electron chi connectivity index (χ0n) is 11.7. The molecule has 1 aliphatic carbocycles. The number of sulfonamides is 1. The van der Waals surface area contributed by atoms with Crippen molar-refractivity contribution >= 4 is 22.4 Å². The first-order valence-electron chi connectivity index (χ1n) is 6.74. The fraction of sp³-hybridized carbons (Fsp3) is 0.571. The van der Waals surface area contributed by atoms with Crippen LogP contribution in [0.25, 0.3) is 0 Å². The summed E-state index contributed by atoms with van der Waals surface area (Å²) in [5.74, 6) is 0.609. The highest BCUT2D eigenvalue weighted by Gasteiger charge is 2.37. The summed E-state index contributed by atoms with van der Waals surface area (Å²) >= 11 is 0. The molecule has 1 saturated carbocycles. The number of nitrogens with zero attached hydrogens (tertiary/aromatic N) is 1. The van der Waals surface area contributed by atoms with E-state index in [1.807, 2.05) is 30.3 Å². The molecule has 1 aliphatic rings. The average Bonchev–Trinajstić information content (AvgIpc) is 3.23. The van der Waals surface area contributed by atoms with Crippen LogP contribution in [0, 0.1) is 5.92 Å². The van der Waals surface area contributed by atoms with Gasteiger partial charge in [-0.25, -0.2) is 12.7 Å². The molecule has 0 radical (unpaired) electrons. The van der Waals surface area contributed by atoms with Gasteiger partial charge in [-0.05, 0) is 30.7 Å². The normalized spacial score (nSPS) is 16.8. The van der Waals surface area contributed by atoms with Gasteiger partial charge in [0.25, 0.3) is 0 Å². The van der Waals surface area contributed by atoms with Gasteiger partial charge in [0.2, 0.25) is 10.0 Å². The second-order valence-corrected chi connectivity index (χ2v) is 7.36. The number of hydrogen-bond acceptors (Lipinski definition) is 3. The van der Waals surface area contributed by atoms with E-state index in [0.29, 0.717) is 18.9 Å². The van der Waals surface area contributed by atoms with Crippen LogP contribution in [0.3, 0.4) is 0 Å². The van der Waals surface area contributed by atoms with Crippen LogP contribution in [0.4, 0.5) is 0 Å². The van der Waals surface area contributed by atoms with E-state index in [4.69, 9.17) is 5.73 Å². The van der Waals surface area contributed by atoms with Crippen LogP contribution >= 0.6 is 12.4 Å². The molecule has 2 N–H and O–H groups in total. The summed E-state index contributed by atoms with van der Waals surface area (Å²) in [5.41, 5.74) is 6.76. The zero-order chi connectivity index (χ0) is 13.9. The Morgan fingerprint density at radius 1 is 1.30 bits per heavy atom. The minimum Gasteiger partial charge on any atom is -0.329 e. The van der Waals surface area contributed by atoms with Crippen LogP contribution in [-0.4, -0.2) is 38.1 Å². The molecule has 0 amide bonds. The molecular weight excluding hydrogens is 296 g/mol. The molecule has 1 fully saturated rings. The van der Waals surface area contributed by atoms with Gasteiger partial charge in [0, 0.05) is 19.6 Å². The molecule has 0 aliphatic heterocycles. The Bertz CT molecular complexity index is 503. The standard InChI is InChI=1S/C14H22N2O2S.ClH/c1-16(14(11-15)13-7-8-13)19(17,18)10-9-12-5-3-2-4-6-12;/h2-6,13-14H,7-11,15H2,1H3;1H. The average molecular weight is 319 g/mol. The van der Waals surface area contributed by atoms with Crippen molar-refractivity contribution < 1.29 is 8.42 Å². The van der Waals surface area contributed by atoms with Gasteiger partial charge in [-0.3, -0.25) is 0 Å². The molecule has 0 heterocycles. The first-order valence-corrected chi connectivity index (χ1v) is 8.35. The van der Waals surface area contributed by atoms with E-state index >= 15 is 0 Å². The third-order valence-corrected chi connectivity index (χ3v) is 5.67.